The van der Waals surface area contributed by atoms with Gasteiger partial charge in [-0.15, -0.1) is 0 Å². The zero-order chi connectivity index (χ0) is 14.5. The number of nitrogens with zero attached hydrogens (tertiary/aromatic N) is 1. The molecule has 0 aliphatic rings. The van der Waals surface area contributed by atoms with Gasteiger partial charge in [-0.1, -0.05) is 42.5 Å². The third-order valence-electron chi connectivity index (χ3n) is 3.64. The summed E-state index contributed by atoms with van der Waals surface area (Å²) < 4.78 is 0. The van der Waals surface area contributed by atoms with Crippen molar-refractivity contribution in [2.45, 2.75) is 26.4 Å². The first-order valence-corrected chi connectivity index (χ1v) is 7.02. The van der Waals surface area contributed by atoms with Gasteiger partial charge in [0.2, 0.25) is 5.91 Å². The number of hydrogen-bond acceptors (Lipinski definition) is 2. The SMILES string of the molecule is CC(C)N(C)C(=O)CNCc1cccc2ccccc12. The van der Waals surface area contributed by atoms with Crippen molar-refractivity contribution in [3.05, 3.63) is 48.0 Å². The zero-order valence-corrected chi connectivity index (χ0v) is 12.4. The van der Waals surface area contributed by atoms with E-state index in [1.807, 2.05) is 33.0 Å². The predicted octanol–water partition coefficient (Wildman–Crippen LogP) is 2.80. The number of hydrogen-bond donors (Lipinski definition) is 1. The average molecular weight is 270 g/mol. The molecular formula is C17H22N2O. The van der Waals surface area contributed by atoms with E-state index in [9.17, 15) is 4.79 Å². The molecule has 0 aliphatic carbocycles. The third-order valence-corrected chi connectivity index (χ3v) is 3.64. The van der Waals surface area contributed by atoms with Gasteiger partial charge in [0.25, 0.3) is 0 Å². The summed E-state index contributed by atoms with van der Waals surface area (Å²) in [5.41, 5.74) is 1.23. The molecule has 0 fully saturated rings. The van der Waals surface area contributed by atoms with E-state index in [2.05, 4.69) is 35.6 Å². The van der Waals surface area contributed by atoms with Gasteiger partial charge < -0.3 is 10.2 Å². The highest BCUT2D eigenvalue weighted by Gasteiger charge is 2.11. The van der Waals surface area contributed by atoms with Crippen LogP contribution in [-0.4, -0.2) is 30.4 Å². The maximum atomic E-state index is 11.9. The molecule has 3 heteroatoms. The van der Waals surface area contributed by atoms with Gasteiger partial charge in [-0.3, -0.25) is 4.79 Å². The summed E-state index contributed by atoms with van der Waals surface area (Å²) in [6, 6.07) is 14.8. The lowest BCUT2D eigenvalue weighted by Crippen LogP contribution is -2.39. The monoisotopic (exact) mass is 270 g/mol. The number of fused-ring (bicyclic) bond motifs is 1. The van der Waals surface area contributed by atoms with Crippen molar-refractivity contribution in [1.29, 1.82) is 0 Å². The molecule has 0 radical (unpaired) electrons. The Morgan fingerprint density at radius 3 is 2.60 bits per heavy atom. The summed E-state index contributed by atoms with van der Waals surface area (Å²) in [4.78, 5) is 13.7. The van der Waals surface area contributed by atoms with Gasteiger partial charge in [0.1, 0.15) is 0 Å². The minimum absolute atomic E-state index is 0.125. The van der Waals surface area contributed by atoms with Gasteiger partial charge in [0, 0.05) is 19.6 Å². The lowest BCUT2D eigenvalue weighted by molar-refractivity contribution is -0.130. The number of benzene rings is 2. The molecule has 20 heavy (non-hydrogen) atoms. The molecule has 0 aliphatic heterocycles. The van der Waals surface area contributed by atoms with E-state index >= 15 is 0 Å². The summed E-state index contributed by atoms with van der Waals surface area (Å²) in [6.45, 7) is 5.11. The van der Waals surface area contributed by atoms with Crippen molar-refractivity contribution in [2.24, 2.45) is 0 Å². The Morgan fingerprint density at radius 1 is 1.15 bits per heavy atom. The van der Waals surface area contributed by atoms with Crippen LogP contribution in [0.4, 0.5) is 0 Å². The molecule has 2 aromatic carbocycles. The first-order valence-electron chi connectivity index (χ1n) is 7.02. The van der Waals surface area contributed by atoms with Crippen molar-refractivity contribution in [2.75, 3.05) is 13.6 Å². The Morgan fingerprint density at radius 2 is 1.85 bits per heavy atom. The summed E-state index contributed by atoms with van der Waals surface area (Å²) in [5.74, 6) is 0.125. The molecule has 0 saturated heterocycles. The Kier molecular flexibility index (Phi) is 4.74. The number of amides is 1. The molecule has 1 N–H and O–H groups in total. The molecule has 0 saturated carbocycles. The van der Waals surface area contributed by atoms with Crippen molar-refractivity contribution in [3.8, 4) is 0 Å². The lowest BCUT2D eigenvalue weighted by Gasteiger charge is -2.21. The van der Waals surface area contributed by atoms with Crippen molar-refractivity contribution >= 4 is 16.7 Å². The maximum Gasteiger partial charge on any atom is 0.236 e. The van der Waals surface area contributed by atoms with Crippen LogP contribution in [-0.2, 0) is 11.3 Å². The van der Waals surface area contributed by atoms with Gasteiger partial charge >= 0.3 is 0 Å². The summed E-state index contributed by atoms with van der Waals surface area (Å²) in [6.07, 6.45) is 0. The van der Waals surface area contributed by atoms with Gasteiger partial charge in [0.05, 0.1) is 6.54 Å². The second-order valence-electron chi connectivity index (χ2n) is 5.34. The van der Waals surface area contributed by atoms with Crippen LogP contribution in [0.5, 0.6) is 0 Å². The number of rotatable bonds is 5. The molecule has 2 aromatic rings. The molecule has 0 atom stereocenters. The molecule has 3 nitrogen and oxygen atoms in total. The molecular weight excluding hydrogens is 248 g/mol. The second kappa shape index (κ2) is 6.53. The highest BCUT2D eigenvalue weighted by Crippen LogP contribution is 2.18. The standard InChI is InChI=1S/C17H22N2O/c1-13(2)19(3)17(20)12-18-11-15-9-6-8-14-7-4-5-10-16(14)15/h4-10,13,18H,11-12H2,1-3H3. The number of carbonyl (C=O) groups is 1. The number of carbonyl (C=O) groups excluding carboxylic acids is 1. The van der Waals surface area contributed by atoms with Crippen molar-refractivity contribution in [1.82, 2.24) is 10.2 Å². The smallest absolute Gasteiger partial charge is 0.236 e. The molecule has 106 valence electrons. The second-order valence-corrected chi connectivity index (χ2v) is 5.34. The van der Waals surface area contributed by atoms with Gasteiger partial charge in [-0.2, -0.15) is 0 Å². The first-order chi connectivity index (χ1) is 9.59. The molecule has 0 bridgehead atoms. The molecule has 2 rings (SSSR count). The van der Waals surface area contributed by atoms with E-state index in [1.54, 1.807) is 4.90 Å². The maximum absolute atomic E-state index is 11.9. The van der Waals surface area contributed by atoms with Crippen LogP contribution in [0.1, 0.15) is 19.4 Å². The van der Waals surface area contributed by atoms with E-state index in [0.717, 1.165) is 0 Å². The molecule has 1 amide bonds. The minimum atomic E-state index is 0.125. The molecule has 0 heterocycles. The van der Waals surface area contributed by atoms with Crippen LogP contribution < -0.4 is 5.32 Å². The Bertz CT molecular complexity index is 587. The van der Waals surface area contributed by atoms with Crippen LogP contribution in [0, 0.1) is 0 Å². The van der Waals surface area contributed by atoms with E-state index in [1.165, 1.54) is 16.3 Å². The van der Waals surface area contributed by atoms with Gasteiger partial charge in [-0.05, 0) is 30.2 Å². The summed E-state index contributed by atoms with van der Waals surface area (Å²) >= 11 is 0. The highest BCUT2D eigenvalue weighted by atomic mass is 16.2. The molecule has 0 spiro atoms. The van der Waals surface area contributed by atoms with E-state index in [-0.39, 0.29) is 11.9 Å². The number of likely N-dealkylation sites (N-methyl/N-ethyl adjacent to an activating group) is 1. The summed E-state index contributed by atoms with van der Waals surface area (Å²) in [5, 5.41) is 5.71. The largest absolute Gasteiger partial charge is 0.342 e. The molecule has 0 unspecified atom stereocenters. The van der Waals surface area contributed by atoms with Crippen LogP contribution in [0.25, 0.3) is 10.8 Å². The quantitative estimate of drug-likeness (QED) is 0.906. The zero-order valence-electron chi connectivity index (χ0n) is 12.4. The highest BCUT2D eigenvalue weighted by molar-refractivity contribution is 5.85. The minimum Gasteiger partial charge on any atom is -0.342 e. The van der Waals surface area contributed by atoms with E-state index in [4.69, 9.17) is 0 Å². The topological polar surface area (TPSA) is 32.3 Å². The van der Waals surface area contributed by atoms with Crippen molar-refractivity contribution < 1.29 is 4.79 Å². The van der Waals surface area contributed by atoms with Crippen LogP contribution >= 0.6 is 0 Å². The first kappa shape index (κ1) is 14.5. The van der Waals surface area contributed by atoms with Crippen LogP contribution in [0.15, 0.2) is 42.5 Å². The van der Waals surface area contributed by atoms with Crippen LogP contribution in [0.2, 0.25) is 0 Å². The Balaban J connectivity index is 1.98. The fourth-order valence-electron chi connectivity index (χ4n) is 2.16. The molecule has 0 aromatic heterocycles. The van der Waals surface area contributed by atoms with Crippen molar-refractivity contribution in [3.63, 3.8) is 0 Å². The third kappa shape index (κ3) is 3.36. The lowest BCUT2D eigenvalue weighted by atomic mass is 10.0. The fourth-order valence-corrected chi connectivity index (χ4v) is 2.16. The number of nitrogens with one attached hydrogen (secondary N) is 1. The summed E-state index contributed by atoms with van der Waals surface area (Å²) in [7, 11) is 1.84. The van der Waals surface area contributed by atoms with E-state index < -0.39 is 0 Å². The van der Waals surface area contributed by atoms with Gasteiger partial charge in [-0.25, -0.2) is 0 Å². The van der Waals surface area contributed by atoms with Crippen LogP contribution in [0.3, 0.4) is 0 Å². The Labute approximate surface area is 120 Å². The Hall–Kier alpha value is -1.87. The van der Waals surface area contributed by atoms with E-state index in [0.29, 0.717) is 13.1 Å². The average Bonchev–Trinajstić information content (AvgIpc) is 2.46. The fraction of sp³-hybridized carbons (Fsp3) is 0.353. The van der Waals surface area contributed by atoms with Gasteiger partial charge in [0.15, 0.2) is 0 Å². The normalized spacial score (nSPS) is 11.0. The predicted molar refractivity (Wildman–Crippen MR) is 83.6 cm³/mol.